The van der Waals surface area contributed by atoms with Gasteiger partial charge in [-0.05, 0) is 49.1 Å². The zero-order valence-electron chi connectivity index (χ0n) is 48.7. The van der Waals surface area contributed by atoms with Crippen molar-refractivity contribution in [1.29, 1.82) is 0 Å². The number of ketones is 1. The summed E-state index contributed by atoms with van der Waals surface area (Å²) in [5, 5.41) is 0. The Morgan fingerprint density at radius 2 is 0.988 bits per heavy atom. The summed E-state index contributed by atoms with van der Waals surface area (Å²) < 4.78 is 78.0. The fourth-order valence-electron chi connectivity index (χ4n) is 9.44. The third-order valence-electron chi connectivity index (χ3n) is 14.2. The van der Waals surface area contributed by atoms with Gasteiger partial charge in [0.15, 0.2) is 12.0 Å². The molecular formula is C60H95N2O16P3. The first-order valence-corrected chi connectivity index (χ1v) is 34.6. The maximum absolute atomic E-state index is 14.2. The van der Waals surface area contributed by atoms with Crippen LogP contribution < -0.4 is 16.0 Å². The fraction of sp³-hybridized carbons (Fsp3) is 0.667. The van der Waals surface area contributed by atoms with Crippen LogP contribution in [0.15, 0.2) is 76.5 Å². The summed E-state index contributed by atoms with van der Waals surface area (Å²) in [6.07, 6.45) is 39.3. The lowest BCUT2D eigenvalue weighted by Crippen LogP contribution is -2.33. The summed E-state index contributed by atoms with van der Waals surface area (Å²) in [6, 6.07) is 12.4. The van der Waals surface area contributed by atoms with Crippen molar-refractivity contribution in [3.8, 4) is 5.75 Å². The van der Waals surface area contributed by atoms with Crippen molar-refractivity contribution >= 4 is 35.2 Å². The Labute approximate surface area is 481 Å². The van der Waals surface area contributed by atoms with Crippen LogP contribution in [-0.4, -0.2) is 43.8 Å². The Bertz CT molecular complexity index is 2550. The highest BCUT2D eigenvalue weighted by Crippen LogP contribution is 2.69. The molecule has 0 saturated heterocycles. The highest BCUT2D eigenvalue weighted by Gasteiger charge is 2.44. The molecule has 2 heterocycles. The third kappa shape index (κ3) is 30.7. The van der Waals surface area contributed by atoms with Gasteiger partial charge in [-0.3, -0.25) is 37.5 Å². The number of carbonyl (C=O) groups excluding carboxylic acids is 2. The molecule has 5 atom stereocenters. The molecule has 3 aromatic rings. The smallest absolute Gasteiger partial charge is 0.427 e. The predicted molar refractivity (Wildman–Crippen MR) is 316 cm³/mol. The van der Waals surface area contributed by atoms with E-state index in [2.05, 4.69) is 23.1 Å². The van der Waals surface area contributed by atoms with Crippen LogP contribution in [0.3, 0.4) is 0 Å². The van der Waals surface area contributed by atoms with Gasteiger partial charge < -0.3 is 19.3 Å². The summed E-state index contributed by atoms with van der Waals surface area (Å²) in [5.41, 5.74) is 0.0903. The number of H-pyrrole nitrogens is 1. The SMILES string of the molecule is CCCCCCCCCCCCCCCCCC(=O)Oc1ccc(COP(=O)(OCc2ccc(C(=O)CCCCCCCCCCCCCCCCC)cc2)OP(=O)(O)OP(=O)(O)OC[C@@H]2C=C[C@H](n3cc(C)c(=O)[nH]c3=O)O2)cc1. The van der Waals surface area contributed by atoms with Crippen molar-refractivity contribution in [3.05, 3.63) is 110 Å². The number of nitrogens with zero attached hydrogens (tertiary/aromatic N) is 1. The van der Waals surface area contributed by atoms with Crippen LogP contribution in [0.2, 0.25) is 0 Å². The molecule has 0 saturated carbocycles. The first-order chi connectivity index (χ1) is 39.0. The molecule has 81 heavy (non-hydrogen) atoms. The summed E-state index contributed by atoms with van der Waals surface area (Å²) in [7, 11) is -16.5. The maximum Gasteiger partial charge on any atom is 0.490 e. The van der Waals surface area contributed by atoms with Gasteiger partial charge in [-0.15, -0.1) is 0 Å². The van der Waals surface area contributed by atoms with Crippen molar-refractivity contribution in [1.82, 2.24) is 9.55 Å². The molecule has 4 rings (SSSR count). The summed E-state index contributed by atoms with van der Waals surface area (Å²) in [6.45, 7) is 4.21. The van der Waals surface area contributed by atoms with E-state index in [1.54, 1.807) is 24.3 Å². The van der Waals surface area contributed by atoms with Gasteiger partial charge in [0.25, 0.3) is 5.56 Å². The van der Waals surface area contributed by atoms with E-state index in [1.807, 2.05) is 0 Å². The largest absolute Gasteiger partial charge is 0.490 e. The second kappa shape index (κ2) is 39.8. The number of esters is 1. The quantitative estimate of drug-likeness (QED) is 0.0119. The van der Waals surface area contributed by atoms with Gasteiger partial charge in [0.1, 0.15) is 11.9 Å². The van der Waals surface area contributed by atoms with Gasteiger partial charge in [-0.1, -0.05) is 236 Å². The van der Waals surface area contributed by atoms with Crippen LogP contribution in [0.25, 0.3) is 0 Å². The number of aromatic nitrogens is 2. The van der Waals surface area contributed by atoms with Crippen LogP contribution >= 0.6 is 23.5 Å². The summed E-state index contributed by atoms with van der Waals surface area (Å²) in [4.78, 5) is 73.2. The Kier molecular flexibility index (Phi) is 34.3. The lowest BCUT2D eigenvalue weighted by molar-refractivity contribution is -0.134. The lowest BCUT2D eigenvalue weighted by Gasteiger charge is -2.22. The number of hydrogen-bond donors (Lipinski definition) is 3. The van der Waals surface area contributed by atoms with E-state index in [1.165, 1.54) is 191 Å². The van der Waals surface area contributed by atoms with Gasteiger partial charge in [0, 0.05) is 30.2 Å². The van der Waals surface area contributed by atoms with Crippen LogP contribution in [0.1, 0.15) is 253 Å². The number of hydrogen-bond acceptors (Lipinski definition) is 14. The van der Waals surface area contributed by atoms with E-state index < -0.39 is 66.9 Å². The van der Waals surface area contributed by atoms with E-state index in [9.17, 15) is 42.7 Å². The molecule has 456 valence electrons. The minimum absolute atomic E-state index is 0.0285. The second-order valence-corrected chi connectivity index (χ2v) is 26.3. The molecule has 21 heteroatoms. The highest BCUT2D eigenvalue weighted by atomic mass is 31.3. The molecule has 18 nitrogen and oxygen atoms in total. The molecule has 0 aliphatic carbocycles. The molecule has 3 unspecified atom stereocenters. The zero-order valence-corrected chi connectivity index (χ0v) is 51.3. The number of aryl methyl sites for hydroxylation is 1. The van der Waals surface area contributed by atoms with Gasteiger partial charge >= 0.3 is 35.1 Å². The van der Waals surface area contributed by atoms with E-state index in [4.69, 9.17) is 27.4 Å². The molecule has 1 aromatic heterocycles. The van der Waals surface area contributed by atoms with Gasteiger partial charge in [0.05, 0.1) is 19.8 Å². The molecule has 2 aromatic carbocycles. The number of nitrogens with one attached hydrogen (secondary N) is 1. The summed E-state index contributed by atoms with van der Waals surface area (Å²) in [5.74, 6) is -0.145. The number of phosphoric ester groups is 2. The molecule has 1 aliphatic rings. The van der Waals surface area contributed by atoms with E-state index in [-0.39, 0.29) is 29.5 Å². The number of Topliss-reactive ketones (excluding diaryl/α,β-unsaturated/α-hetero) is 1. The molecule has 0 radical (unpaired) electrons. The van der Waals surface area contributed by atoms with Gasteiger partial charge in [-0.25, -0.2) is 18.5 Å². The number of rotatable bonds is 48. The van der Waals surface area contributed by atoms with Crippen LogP contribution in [0.5, 0.6) is 5.75 Å². The first-order valence-electron chi connectivity index (χ1n) is 30.2. The average Bonchev–Trinajstić information content (AvgIpc) is 3.91. The van der Waals surface area contributed by atoms with Crippen molar-refractivity contribution < 1.29 is 64.7 Å². The Morgan fingerprint density at radius 1 is 0.556 bits per heavy atom. The topological polar surface area (TPSA) is 245 Å². The zero-order chi connectivity index (χ0) is 58.6. The van der Waals surface area contributed by atoms with E-state index in [0.717, 1.165) is 49.5 Å². The van der Waals surface area contributed by atoms with Crippen molar-refractivity contribution in [2.24, 2.45) is 0 Å². The Balaban J connectivity index is 1.24. The van der Waals surface area contributed by atoms with Crippen LogP contribution in [0, 0.1) is 6.92 Å². The molecular weight excluding hydrogens is 1100 g/mol. The molecule has 0 amide bonds. The Morgan fingerprint density at radius 3 is 1.46 bits per heavy atom. The second-order valence-electron chi connectivity index (χ2n) is 21.5. The minimum Gasteiger partial charge on any atom is -0.427 e. The van der Waals surface area contributed by atoms with Crippen LogP contribution in [-0.2, 0) is 58.6 Å². The molecule has 1 aliphatic heterocycles. The Hall–Kier alpha value is -3.63. The standard InChI is InChI=1S/C60H95N2O16P3/c1-4-6-8-10-12-14-16-18-20-22-24-26-28-30-32-34-56(63)53-40-36-51(37-41-53)47-73-81(71,78-80(69,70)77-79(67,68)72-49-55-44-45-57(75-55)62-46-50(3)59(65)61-60(62)66)74-48-52-38-42-54(43-39-52)76-58(64)35-33-31-29-27-25-23-21-19-17-15-13-11-9-7-5-2/h36-46,55,57H,4-35,47-49H2,1-3H3,(H,67,68)(H,69,70)(H,61,65,66)/t55-,57+,81?/m0/s1. The number of carbonyl (C=O) groups is 2. The minimum atomic E-state index is -5.81. The predicted octanol–water partition coefficient (Wildman–Crippen LogP) is 16.7. The van der Waals surface area contributed by atoms with E-state index >= 15 is 0 Å². The average molecular weight is 1190 g/mol. The van der Waals surface area contributed by atoms with Crippen molar-refractivity contribution in [2.75, 3.05) is 6.61 Å². The van der Waals surface area contributed by atoms with Gasteiger partial charge in [0.2, 0.25) is 0 Å². The number of aromatic amines is 1. The van der Waals surface area contributed by atoms with Crippen molar-refractivity contribution in [3.63, 3.8) is 0 Å². The highest BCUT2D eigenvalue weighted by molar-refractivity contribution is 7.67. The van der Waals surface area contributed by atoms with Crippen LogP contribution in [0.4, 0.5) is 0 Å². The number of phosphoric acid groups is 3. The normalized spacial score (nSPS) is 16.5. The molecule has 0 spiro atoms. The lowest BCUT2D eigenvalue weighted by atomic mass is 10.0. The van der Waals surface area contributed by atoms with Crippen molar-refractivity contribution in [2.45, 2.75) is 252 Å². The fourth-order valence-corrected chi connectivity index (χ4v) is 13.5. The monoisotopic (exact) mass is 1190 g/mol. The molecule has 0 fully saturated rings. The number of ether oxygens (including phenoxy) is 2. The first kappa shape index (κ1) is 69.9. The third-order valence-corrected chi connectivity index (χ3v) is 18.9. The molecule has 3 N–H and O–H groups in total. The molecule has 0 bridgehead atoms. The number of benzene rings is 2. The van der Waals surface area contributed by atoms with Gasteiger partial charge in [-0.2, -0.15) is 8.62 Å². The maximum atomic E-state index is 14.2. The van der Waals surface area contributed by atoms with E-state index in [0.29, 0.717) is 29.5 Å². The summed E-state index contributed by atoms with van der Waals surface area (Å²) >= 11 is 0. The number of unbranched alkanes of at least 4 members (excludes halogenated alkanes) is 28.